The molecule has 0 aliphatic carbocycles. The Morgan fingerprint density at radius 2 is 1.69 bits per heavy atom. The maximum absolute atomic E-state index is 14.8. The first-order valence-corrected chi connectivity index (χ1v) is 8.64. The number of benzene rings is 3. The minimum Gasteiger partial charge on any atom is -1.00 e. The summed E-state index contributed by atoms with van der Waals surface area (Å²) in [5, 5.41) is 9.87. The molecule has 0 radical (unpaired) electrons. The zero-order valence-corrected chi connectivity index (χ0v) is 17.9. The van der Waals surface area contributed by atoms with Crippen LogP contribution in [0.4, 0.5) is 8.78 Å². The summed E-state index contributed by atoms with van der Waals surface area (Å²) >= 11 is 0. The summed E-state index contributed by atoms with van der Waals surface area (Å²) in [4.78, 5) is 16.3. The van der Waals surface area contributed by atoms with Crippen molar-refractivity contribution in [3.63, 3.8) is 0 Å². The molecular formula is C23H16F2NNaO2. The third-order valence-electron chi connectivity index (χ3n) is 4.73. The van der Waals surface area contributed by atoms with E-state index in [0.29, 0.717) is 27.9 Å². The second-order valence-electron chi connectivity index (χ2n) is 6.49. The van der Waals surface area contributed by atoms with Gasteiger partial charge in [0.05, 0.1) is 16.8 Å². The molecule has 0 aliphatic heterocycles. The van der Waals surface area contributed by atoms with Crippen LogP contribution in [0, 0.1) is 18.6 Å². The van der Waals surface area contributed by atoms with Crippen LogP contribution in [0.25, 0.3) is 33.3 Å². The first-order chi connectivity index (χ1) is 13.5. The Labute approximate surface area is 189 Å². The quantitative estimate of drug-likeness (QED) is 0.539. The zero-order chi connectivity index (χ0) is 19.8. The number of hydrogen-bond donors (Lipinski definition) is 1. The van der Waals surface area contributed by atoms with Crippen molar-refractivity contribution in [2.75, 3.05) is 0 Å². The summed E-state index contributed by atoms with van der Waals surface area (Å²) in [5.74, 6) is -2.15. The second-order valence-corrected chi connectivity index (χ2v) is 6.49. The van der Waals surface area contributed by atoms with Gasteiger partial charge in [0, 0.05) is 16.5 Å². The van der Waals surface area contributed by atoms with Crippen LogP contribution in [-0.4, -0.2) is 16.1 Å². The predicted molar refractivity (Wildman–Crippen MR) is 105 cm³/mol. The summed E-state index contributed by atoms with van der Waals surface area (Å²) in [6, 6.07) is 17.6. The van der Waals surface area contributed by atoms with Crippen molar-refractivity contribution >= 4 is 16.9 Å². The number of fused-ring (bicyclic) bond motifs is 1. The normalized spacial score (nSPS) is 10.6. The summed E-state index contributed by atoms with van der Waals surface area (Å²) in [6.07, 6.45) is 0. The first-order valence-electron chi connectivity index (χ1n) is 8.64. The Kier molecular flexibility index (Phi) is 6.13. The number of halogens is 2. The van der Waals surface area contributed by atoms with Crippen molar-refractivity contribution in [3.05, 3.63) is 89.5 Å². The number of carboxylic acid groups (broad SMARTS) is 1. The number of nitrogens with zero attached hydrogens (tertiary/aromatic N) is 1. The van der Waals surface area contributed by atoms with E-state index in [9.17, 15) is 18.7 Å². The average Bonchev–Trinajstić information content (AvgIpc) is 2.67. The average molecular weight is 399 g/mol. The number of carboxylic acids is 1. The molecule has 1 heterocycles. The zero-order valence-electron chi connectivity index (χ0n) is 16.9. The van der Waals surface area contributed by atoms with Gasteiger partial charge in [-0.05, 0) is 42.3 Å². The van der Waals surface area contributed by atoms with Crippen LogP contribution in [0.3, 0.4) is 0 Å². The molecular weight excluding hydrogens is 383 g/mol. The summed E-state index contributed by atoms with van der Waals surface area (Å²) in [5.41, 5.74) is 2.68. The molecule has 0 aliphatic rings. The van der Waals surface area contributed by atoms with Gasteiger partial charge in [-0.25, -0.2) is 18.6 Å². The van der Waals surface area contributed by atoms with E-state index in [-0.39, 0.29) is 41.9 Å². The van der Waals surface area contributed by atoms with Crippen molar-refractivity contribution in [1.82, 2.24) is 4.98 Å². The number of aromatic carboxylic acids is 1. The second kappa shape index (κ2) is 8.41. The third kappa shape index (κ3) is 3.94. The van der Waals surface area contributed by atoms with E-state index < -0.39 is 17.6 Å². The maximum Gasteiger partial charge on any atom is 1.00 e. The Morgan fingerprint density at radius 1 is 0.966 bits per heavy atom. The Morgan fingerprint density at radius 3 is 2.34 bits per heavy atom. The largest absolute Gasteiger partial charge is 1.00 e. The van der Waals surface area contributed by atoms with Gasteiger partial charge >= 0.3 is 35.5 Å². The first kappa shape index (κ1) is 21.1. The molecule has 0 atom stereocenters. The fraction of sp³-hybridized carbons (Fsp3) is 0.0435. The van der Waals surface area contributed by atoms with Crippen molar-refractivity contribution in [3.8, 4) is 22.4 Å². The van der Waals surface area contributed by atoms with E-state index in [1.54, 1.807) is 19.1 Å². The van der Waals surface area contributed by atoms with E-state index in [2.05, 4.69) is 4.98 Å². The maximum atomic E-state index is 14.8. The van der Waals surface area contributed by atoms with Crippen LogP contribution < -0.4 is 29.6 Å². The molecule has 0 unspecified atom stereocenters. The molecule has 0 saturated heterocycles. The van der Waals surface area contributed by atoms with Gasteiger partial charge in [0.1, 0.15) is 11.6 Å². The fourth-order valence-electron chi connectivity index (χ4n) is 3.40. The summed E-state index contributed by atoms with van der Waals surface area (Å²) < 4.78 is 28.4. The molecule has 4 rings (SSSR count). The van der Waals surface area contributed by atoms with Crippen LogP contribution >= 0.6 is 0 Å². The monoisotopic (exact) mass is 399 g/mol. The smallest absolute Gasteiger partial charge is 1.00 e. The number of carbonyl (C=O) groups is 1. The van der Waals surface area contributed by atoms with Crippen molar-refractivity contribution in [2.45, 2.75) is 6.92 Å². The van der Waals surface area contributed by atoms with Crippen LogP contribution in [0.2, 0.25) is 0 Å². The summed E-state index contributed by atoms with van der Waals surface area (Å²) in [7, 11) is 0. The SMILES string of the molecule is Cc1c(-c2ccc(-c3ccccc3)c(F)c2)nc2ccc(F)cc2c1C(=O)O.[H-].[Na+]. The standard InChI is InChI=1S/C23H15F2NO2.Na.H/c1-13-21(23(27)28)18-12-16(24)8-10-20(18)26-22(13)15-7-9-17(19(25)11-15)14-5-3-2-4-6-14;;/h2-12H,1H3,(H,27,28);;/q;+1;-1. The van der Waals surface area contributed by atoms with Gasteiger partial charge in [0.15, 0.2) is 0 Å². The van der Waals surface area contributed by atoms with E-state index in [4.69, 9.17) is 0 Å². The van der Waals surface area contributed by atoms with Gasteiger partial charge in [-0.3, -0.25) is 0 Å². The van der Waals surface area contributed by atoms with E-state index in [0.717, 1.165) is 11.6 Å². The molecule has 0 saturated carbocycles. The molecule has 4 aromatic rings. The summed E-state index contributed by atoms with van der Waals surface area (Å²) in [6.45, 7) is 1.60. The van der Waals surface area contributed by atoms with Crippen molar-refractivity contribution < 1.29 is 49.7 Å². The van der Waals surface area contributed by atoms with E-state index >= 15 is 0 Å². The predicted octanol–water partition coefficient (Wildman–Crippen LogP) is 2.97. The van der Waals surface area contributed by atoms with E-state index in [1.807, 2.05) is 30.3 Å². The Bertz CT molecular complexity index is 1230. The van der Waals surface area contributed by atoms with Crippen LogP contribution in [-0.2, 0) is 0 Å². The number of pyridine rings is 1. The molecule has 3 aromatic carbocycles. The van der Waals surface area contributed by atoms with Crippen LogP contribution in [0.5, 0.6) is 0 Å². The fourth-order valence-corrected chi connectivity index (χ4v) is 3.40. The number of rotatable bonds is 3. The van der Waals surface area contributed by atoms with Gasteiger partial charge in [-0.2, -0.15) is 0 Å². The molecule has 1 aromatic heterocycles. The van der Waals surface area contributed by atoms with Crippen molar-refractivity contribution in [1.29, 1.82) is 0 Å². The van der Waals surface area contributed by atoms with Crippen LogP contribution in [0.15, 0.2) is 66.7 Å². The molecule has 6 heteroatoms. The van der Waals surface area contributed by atoms with Gasteiger partial charge in [-0.1, -0.05) is 42.5 Å². The minimum absolute atomic E-state index is 0. The van der Waals surface area contributed by atoms with Crippen molar-refractivity contribution in [2.24, 2.45) is 0 Å². The molecule has 3 nitrogen and oxygen atoms in total. The number of aromatic nitrogens is 1. The molecule has 0 amide bonds. The minimum atomic E-state index is -1.18. The van der Waals surface area contributed by atoms with Gasteiger partial charge in [-0.15, -0.1) is 0 Å². The van der Waals surface area contributed by atoms with Gasteiger partial charge in [0.2, 0.25) is 0 Å². The number of hydrogen-bond acceptors (Lipinski definition) is 2. The molecule has 1 N–H and O–H groups in total. The molecule has 140 valence electrons. The Hall–Kier alpha value is -2.60. The molecule has 0 fully saturated rings. The molecule has 0 spiro atoms. The van der Waals surface area contributed by atoms with Gasteiger partial charge < -0.3 is 6.53 Å². The Balaban J connectivity index is 0.00000160. The van der Waals surface area contributed by atoms with Crippen LogP contribution in [0.1, 0.15) is 17.3 Å². The molecule has 29 heavy (non-hydrogen) atoms. The topological polar surface area (TPSA) is 50.2 Å². The molecule has 0 bridgehead atoms. The van der Waals surface area contributed by atoms with E-state index in [1.165, 1.54) is 18.2 Å². The third-order valence-corrected chi connectivity index (χ3v) is 4.73. The van der Waals surface area contributed by atoms with Gasteiger partial charge in [0.25, 0.3) is 0 Å².